The van der Waals surface area contributed by atoms with Crippen molar-refractivity contribution < 1.29 is 13.7 Å². The summed E-state index contributed by atoms with van der Waals surface area (Å²) >= 11 is 0. The summed E-state index contributed by atoms with van der Waals surface area (Å²) in [6.45, 7) is 4.08. The number of hydrogen-bond donors (Lipinski definition) is 0. The van der Waals surface area contributed by atoms with Crippen LogP contribution in [0.2, 0.25) is 0 Å². The van der Waals surface area contributed by atoms with Gasteiger partial charge in [0.1, 0.15) is 5.76 Å². The van der Waals surface area contributed by atoms with Gasteiger partial charge in [-0.25, -0.2) is 0 Å². The minimum Gasteiger partial charge on any atom is -0.459 e. The zero-order valence-electron chi connectivity index (χ0n) is 13.1. The predicted octanol–water partition coefficient (Wildman–Crippen LogP) is 2.49. The molecule has 0 radical (unpaired) electrons. The molecule has 3 heterocycles. The van der Waals surface area contributed by atoms with E-state index in [2.05, 4.69) is 16.1 Å². The highest BCUT2D eigenvalue weighted by molar-refractivity contribution is 5.91. The van der Waals surface area contributed by atoms with Crippen LogP contribution in [0, 0.1) is 0 Å². The van der Waals surface area contributed by atoms with E-state index in [1.807, 2.05) is 4.90 Å². The van der Waals surface area contributed by atoms with E-state index in [4.69, 9.17) is 8.94 Å². The van der Waals surface area contributed by atoms with Crippen LogP contribution in [-0.2, 0) is 6.54 Å². The van der Waals surface area contributed by atoms with E-state index in [0.29, 0.717) is 18.2 Å². The molecule has 122 valence electrons. The van der Waals surface area contributed by atoms with Gasteiger partial charge in [0.05, 0.1) is 12.0 Å². The summed E-state index contributed by atoms with van der Waals surface area (Å²) < 4.78 is 10.6. The third-order valence-corrected chi connectivity index (χ3v) is 4.55. The zero-order valence-corrected chi connectivity index (χ0v) is 13.1. The Balaban J connectivity index is 1.34. The van der Waals surface area contributed by atoms with E-state index in [9.17, 15) is 4.79 Å². The minimum absolute atomic E-state index is 0.0192. The Morgan fingerprint density at radius 1 is 1.26 bits per heavy atom. The van der Waals surface area contributed by atoms with Gasteiger partial charge in [-0.3, -0.25) is 9.69 Å². The maximum Gasteiger partial charge on any atom is 0.289 e. The predicted molar refractivity (Wildman–Crippen MR) is 83.0 cm³/mol. The summed E-state index contributed by atoms with van der Waals surface area (Å²) in [6.07, 6.45) is 4.95. The number of furan rings is 1. The van der Waals surface area contributed by atoms with Gasteiger partial charge in [0.2, 0.25) is 0 Å². The third-order valence-electron chi connectivity index (χ3n) is 4.55. The lowest BCUT2D eigenvalue weighted by molar-refractivity contribution is 0.0729. The van der Waals surface area contributed by atoms with E-state index in [1.165, 1.54) is 12.8 Å². The second-order valence-corrected chi connectivity index (χ2v) is 6.39. The molecule has 1 aliphatic carbocycles. The molecule has 0 atom stereocenters. The molecule has 6 heteroatoms. The molecule has 0 aromatic carbocycles. The average Bonchev–Trinajstić information content (AvgIpc) is 3.14. The van der Waals surface area contributed by atoms with Gasteiger partial charge in [-0.1, -0.05) is 5.16 Å². The molecular formula is C17H21N3O3. The van der Waals surface area contributed by atoms with Crippen molar-refractivity contribution >= 4 is 5.91 Å². The highest BCUT2D eigenvalue weighted by atomic mass is 16.5. The molecule has 4 rings (SSSR count). The first-order valence-corrected chi connectivity index (χ1v) is 8.30. The van der Waals surface area contributed by atoms with Crippen LogP contribution in [0.25, 0.3) is 0 Å². The normalized spacial score (nSPS) is 19.7. The van der Waals surface area contributed by atoms with Gasteiger partial charge in [-0.2, -0.15) is 0 Å². The van der Waals surface area contributed by atoms with Crippen molar-refractivity contribution in [3.63, 3.8) is 0 Å². The average molecular weight is 315 g/mol. The van der Waals surface area contributed by atoms with Crippen molar-refractivity contribution in [3.05, 3.63) is 41.7 Å². The second kappa shape index (κ2) is 6.20. The number of rotatable bonds is 4. The van der Waals surface area contributed by atoms with E-state index >= 15 is 0 Å². The van der Waals surface area contributed by atoms with Crippen LogP contribution >= 0.6 is 0 Å². The Hall–Kier alpha value is -2.08. The van der Waals surface area contributed by atoms with Gasteiger partial charge >= 0.3 is 0 Å². The molecule has 1 saturated heterocycles. The monoisotopic (exact) mass is 315 g/mol. The molecule has 0 bridgehead atoms. The van der Waals surface area contributed by atoms with E-state index in [-0.39, 0.29) is 5.91 Å². The van der Waals surface area contributed by atoms with E-state index < -0.39 is 0 Å². The first kappa shape index (κ1) is 14.5. The van der Waals surface area contributed by atoms with Crippen LogP contribution in [-0.4, -0.2) is 47.0 Å². The molecule has 1 amide bonds. The number of hydrogen-bond acceptors (Lipinski definition) is 5. The second-order valence-electron chi connectivity index (χ2n) is 6.39. The topological polar surface area (TPSA) is 62.7 Å². The zero-order chi connectivity index (χ0) is 15.6. The first-order chi connectivity index (χ1) is 11.3. The van der Waals surface area contributed by atoms with Gasteiger partial charge in [0, 0.05) is 44.7 Å². The van der Waals surface area contributed by atoms with Gasteiger partial charge in [-0.15, -0.1) is 0 Å². The molecule has 6 nitrogen and oxygen atoms in total. The molecule has 2 aliphatic rings. The molecule has 2 fully saturated rings. The molecule has 2 aromatic rings. The fraction of sp³-hybridized carbons (Fsp3) is 0.529. The number of nitrogens with zero attached hydrogens (tertiary/aromatic N) is 3. The molecular weight excluding hydrogens is 294 g/mol. The Morgan fingerprint density at radius 3 is 2.96 bits per heavy atom. The van der Waals surface area contributed by atoms with Crippen LogP contribution in [0.4, 0.5) is 0 Å². The Kier molecular flexibility index (Phi) is 3.91. The van der Waals surface area contributed by atoms with E-state index in [0.717, 1.165) is 44.1 Å². The summed E-state index contributed by atoms with van der Waals surface area (Å²) in [4.78, 5) is 16.6. The van der Waals surface area contributed by atoms with Gasteiger partial charge in [0.25, 0.3) is 5.91 Å². The Morgan fingerprint density at radius 2 is 2.17 bits per heavy atom. The Bertz CT molecular complexity index is 660. The quantitative estimate of drug-likeness (QED) is 0.867. The Labute approximate surface area is 135 Å². The van der Waals surface area contributed by atoms with Gasteiger partial charge in [-0.05, 0) is 31.4 Å². The lowest BCUT2D eigenvalue weighted by atomic mass is 10.2. The van der Waals surface area contributed by atoms with Crippen LogP contribution in [0.5, 0.6) is 0 Å². The summed E-state index contributed by atoms with van der Waals surface area (Å²) in [5.41, 5.74) is 0.998. The first-order valence-electron chi connectivity index (χ1n) is 8.30. The third kappa shape index (κ3) is 3.32. The van der Waals surface area contributed by atoms with Gasteiger partial charge < -0.3 is 13.8 Å². The number of carbonyl (C=O) groups is 1. The number of carbonyl (C=O) groups excluding carboxylic acids is 1. The maximum atomic E-state index is 12.4. The molecule has 1 aliphatic heterocycles. The lowest BCUT2D eigenvalue weighted by Crippen LogP contribution is -2.34. The minimum atomic E-state index is -0.0192. The molecule has 0 spiro atoms. The maximum absolute atomic E-state index is 12.4. The largest absolute Gasteiger partial charge is 0.459 e. The van der Waals surface area contributed by atoms with Crippen LogP contribution in [0.15, 0.2) is 33.4 Å². The van der Waals surface area contributed by atoms with Crippen molar-refractivity contribution in [2.75, 3.05) is 26.2 Å². The van der Waals surface area contributed by atoms with Crippen molar-refractivity contribution in [1.29, 1.82) is 0 Å². The molecule has 23 heavy (non-hydrogen) atoms. The van der Waals surface area contributed by atoms with Crippen LogP contribution in [0.1, 0.15) is 47.2 Å². The molecule has 0 unspecified atom stereocenters. The fourth-order valence-corrected chi connectivity index (χ4v) is 3.08. The molecule has 0 N–H and O–H groups in total. The lowest BCUT2D eigenvalue weighted by Gasteiger charge is -2.20. The summed E-state index contributed by atoms with van der Waals surface area (Å²) in [7, 11) is 0. The highest BCUT2D eigenvalue weighted by Gasteiger charge is 2.28. The number of aromatic nitrogens is 1. The van der Waals surface area contributed by atoms with Crippen molar-refractivity contribution in [1.82, 2.24) is 15.0 Å². The van der Waals surface area contributed by atoms with Crippen molar-refractivity contribution in [2.24, 2.45) is 0 Å². The fourth-order valence-electron chi connectivity index (χ4n) is 3.08. The summed E-state index contributed by atoms with van der Waals surface area (Å²) in [5.74, 6) is 2.03. The summed E-state index contributed by atoms with van der Waals surface area (Å²) in [6, 6.07) is 5.56. The molecule has 1 saturated carbocycles. The highest BCUT2D eigenvalue weighted by Crippen LogP contribution is 2.40. The van der Waals surface area contributed by atoms with Crippen LogP contribution in [0.3, 0.4) is 0 Å². The van der Waals surface area contributed by atoms with E-state index in [1.54, 1.807) is 18.4 Å². The standard InChI is InChI=1S/C17H21N3O3/c21-17(15-3-1-10-22-15)20-7-2-6-19(8-9-20)12-14-11-16(23-18-14)13-4-5-13/h1,3,10-11,13H,2,4-9,12H2. The summed E-state index contributed by atoms with van der Waals surface area (Å²) in [5, 5.41) is 4.18. The van der Waals surface area contributed by atoms with Crippen LogP contribution < -0.4 is 0 Å². The SMILES string of the molecule is O=C(c1ccco1)N1CCCN(Cc2cc(C3CC3)on2)CC1. The molecule has 2 aromatic heterocycles. The van der Waals surface area contributed by atoms with Gasteiger partial charge in [0.15, 0.2) is 5.76 Å². The smallest absolute Gasteiger partial charge is 0.289 e. The van der Waals surface area contributed by atoms with Crippen molar-refractivity contribution in [3.8, 4) is 0 Å². The van der Waals surface area contributed by atoms with Crippen molar-refractivity contribution in [2.45, 2.75) is 31.7 Å². The number of amides is 1.